The van der Waals surface area contributed by atoms with Gasteiger partial charge in [-0.15, -0.1) is 23.1 Å². The monoisotopic (exact) mass is 372 g/mol. The minimum Gasteiger partial charge on any atom is -0.481 e. The van der Waals surface area contributed by atoms with Crippen LogP contribution in [0, 0.1) is 20.8 Å². The molecule has 0 radical (unpaired) electrons. The lowest BCUT2D eigenvalue weighted by Crippen LogP contribution is -1.95. The number of carbonyl (C=O) groups is 1. The lowest BCUT2D eigenvalue weighted by atomic mass is 9.99. The van der Waals surface area contributed by atoms with Crippen molar-refractivity contribution >= 4 is 39.3 Å². The summed E-state index contributed by atoms with van der Waals surface area (Å²) in [6.45, 7) is 6.36. The maximum Gasteiger partial charge on any atom is 0.303 e. The first-order chi connectivity index (χ1) is 12.0. The quantitative estimate of drug-likeness (QED) is 0.364. The van der Waals surface area contributed by atoms with Gasteiger partial charge >= 0.3 is 5.97 Å². The van der Waals surface area contributed by atoms with Crippen molar-refractivity contribution in [1.29, 1.82) is 0 Å². The first kappa shape index (κ1) is 17.9. The number of thiophene rings is 1. The fourth-order valence-corrected chi connectivity index (χ4v) is 4.79. The summed E-state index contributed by atoms with van der Waals surface area (Å²) in [5, 5.41) is 10.8. The molecule has 1 aromatic carbocycles. The van der Waals surface area contributed by atoms with Crippen LogP contribution in [0.1, 0.15) is 28.8 Å². The van der Waals surface area contributed by atoms with Crippen LogP contribution in [0.15, 0.2) is 29.6 Å². The lowest BCUT2D eigenvalue weighted by molar-refractivity contribution is -0.137. The van der Waals surface area contributed by atoms with E-state index in [0.29, 0.717) is 6.42 Å². The number of rotatable bonds is 6. The van der Waals surface area contributed by atoms with E-state index in [2.05, 4.69) is 48.9 Å². The Kier molecular flexibility index (Phi) is 5.39. The SMILES string of the molecule is Cc1ccc(-c2c(C)sc3ncnc(SCCCC(=O)O)c23)cc1C. The number of carboxylic acids is 1. The van der Waals surface area contributed by atoms with E-state index in [4.69, 9.17) is 5.11 Å². The predicted octanol–water partition coefficient (Wildman–Crippen LogP) is 5.24. The number of carboxylic acid groups (broad SMARTS) is 1. The molecule has 2 heterocycles. The Labute approximate surface area is 155 Å². The van der Waals surface area contributed by atoms with Gasteiger partial charge in [-0.05, 0) is 43.9 Å². The van der Waals surface area contributed by atoms with Crippen LogP contribution < -0.4 is 0 Å². The summed E-state index contributed by atoms with van der Waals surface area (Å²) in [5.74, 6) is -0.0183. The Bertz CT molecular complexity index is 935. The van der Waals surface area contributed by atoms with E-state index < -0.39 is 5.97 Å². The number of thioether (sulfide) groups is 1. The minimum atomic E-state index is -0.754. The number of fused-ring (bicyclic) bond motifs is 1. The number of aryl methyl sites for hydroxylation is 3. The Balaban J connectivity index is 2.01. The molecule has 130 valence electrons. The molecular formula is C19H20N2O2S2. The van der Waals surface area contributed by atoms with Gasteiger partial charge in [-0.3, -0.25) is 4.79 Å². The molecule has 0 aliphatic carbocycles. The van der Waals surface area contributed by atoms with E-state index in [1.54, 1.807) is 29.4 Å². The van der Waals surface area contributed by atoms with Gasteiger partial charge in [0.2, 0.25) is 0 Å². The Morgan fingerprint density at radius 2 is 2.00 bits per heavy atom. The van der Waals surface area contributed by atoms with E-state index in [-0.39, 0.29) is 6.42 Å². The molecule has 0 aliphatic heterocycles. The summed E-state index contributed by atoms with van der Waals surface area (Å²) in [6, 6.07) is 6.52. The zero-order chi connectivity index (χ0) is 18.0. The third-order valence-corrected chi connectivity index (χ3v) is 6.29. The second-order valence-corrected chi connectivity index (χ2v) is 8.32. The Hall–Kier alpha value is -1.92. The highest BCUT2D eigenvalue weighted by atomic mass is 32.2. The molecule has 0 unspecified atom stereocenters. The lowest BCUT2D eigenvalue weighted by Gasteiger charge is -2.08. The van der Waals surface area contributed by atoms with Gasteiger partial charge < -0.3 is 5.11 Å². The van der Waals surface area contributed by atoms with Crippen molar-refractivity contribution < 1.29 is 9.90 Å². The van der Waals surface area contributed by atoms with Crippen molar-refractivity contribution in [1.82, 2.24) is 9.97 Å². The number of hydrogen-bond acceptors (Lipinski definition) is 5. The molecule has 1 N–H and O–H groups in total. The van der Waals surface area contributed by atoms with Gasteiger partial charge in [-0.2, -0.15) is 0 Å². The van der Waals surface area contributed by atoms with Crippen molar-refractivity contribution in [2.24, 2.45) is 0 Å². The number of hydrogen-bond donors (Lipinski definition) is 1. The van der Waals surface area contributed by atoms with Crippen molar-refractivity contribution in [2.45, 2.75) is 38.6 Å². The smallest absolute Gasteiger partial charge is 0.303 e. The molecule has 0 amide bonds. The highest BCUT2D eigenvalue weighted by Crippen LogP contribution is 2.41. The van der Waals surface area contributed by atoms with E-state index >= 15 is 0 Å². The molecule has 0 spiro atoms. The summed E-state index contributed by atoms with van der Waals surface area (Å²) in [5.41, 5.74) is 4.93. The van der Waals surface area contributed by atoms with Crippen LogP contribution >= 0.6 is 23.1 Å². The topological polar surface area (TPSA) is 63.1 Å². The first-order valence-corrected chi connectivity index (χ1v) is 9.94. The molecule has 6 heteroatoms. The fourth-order valence-electron chi connectivity index (χ4n) is 2.76. The highest BCUT2D eigenvalue weighted by molar-refractivity contribution is 7.99. The average Bonchev–Trinajstić information content (AvgIpc) is 2.90. The second-order valence-electron chi connectivity index (χ2n) is 6.04. The molecule has 0 fully saturated rings. The van der Waals surface area contributed by atoms with E-state index in [0.717, 1.165) is 21.0 Å². The molecule has 0 saturated heterocycles. The zero-order valence-electron chi connectivity index (χ0n) is 14.5. The second kappa shape index (κ2) is 7.54. The van der Waals surface area contributed by atoms with Gasteiger partial charge in [0.25, 0.3) is 0 Å². The summed E-state index contributed by atoms with van der Waals surface area (Å²) >= 11 is 3.30. The Morgan fingerprint density at radius 1 is 1.20 bits per heavy atom. The number of nitrogens with zero attached hydrogens (tertiary/aromatic N) is 2. The van der Waals surface area contributed by atoms with Gasteiger partial charge in [-0.1, -0.05) is 18.2 Å². The molecule has 25 heavy (non-hydrogen) atoms. The van der Waals surface area contributed by atoms with E-state index in [1.165, 1.54) is 27.1 Å². The number of aromatic nitrogens is 2. The normalized spacial score (nSPS) is 11.2. The molecule has 3 aromatic rings. The maximum absolute atomic E-state index is 10.7. The molecule has 3 rings (SSSR count). The average molecular weight is 373 g/mol. The van der Waals surface area contributed by atoms with Crippen LogP contribution in [0.4, 0.5) is 0 Å². The van der Waals surface area contributed by atoms with Crippen LogP contribution in [-0.2, 0) is 4.79 Å². The summed E-state index contributed by atoms with van der Waals surface area (Å²) in [7, 11) is 0. The third kappa shape index (κ3) is 3.85. The van der Waals surface area contributed by atoms with Crippen LogP contribution in [-0.4, -0.2) is 26.8 Å². The van der Waals surface area contributed by atoms with Crippen LogP contribution in [0.5, 0.6) is 0 Å². The Morgan fingerprint density at radius 3 is 2.72 bits per heavy atom. The van der Waals surface area contributed by atoms with Gasteiger partial charge in [-0.25, -0.2) is 9.97 Å². The molecule has 2 aromatic heterocycles. The molecule has 0 atom stereocenters. The van der Waals surface area contributed by atoms with Crippen molar-refractivity contribution in [3.8, 4) is 11.1 Å². The maximum atomic E-state index is 10.7. The number of benzene rings is 1. The fraction of sp³-hybridized carbons (Fsp3) is 0.316. The zero-order valence-corrected chi connectivity index (χ0v) is 16.1. The first-order valence-electron chi connectivity index (χ1n) is 8.13. The van der Waals surface area contributed by atoms with Crippen molar-refractivity contribution in [3.05, 3.63) is 40.5 Å². The van der Waals surface area contributed by atoms with Gasteiger partial charge in [0.1, 0.15) is 16.2 Å². The molecular weight excluding hydrogens is 352 g/mol. The van der Waals surface area contributed by atoms with Gasteiger partial charge in [0.15, 0.2) is 0 Å². The highest BCUT2D eigenvalue weighted by Gasteiger charge is 2.17. The standard InChI is InChI=1S/C19H20N2O2S2/c1-11-6-7-14(9-12(11)2)16-13(3)25-19-17(16)18(20-10-21-19)24-8-4-5-15(22)23/h6-7,9-10H,4-5,8H2,1-3H3,(H,22,23). The van der Waals surface area contributed by atoms with Gasteiger partial charge in [0.05, 0.1) is 5.39 Å². The van der Waals surface area contributed by atoms with Crippen molar-refractivity contribution in [2.75, 3.05) is 5.75 Å². The van der Waals surface area contributed by atoms with Crippen LogP contribution in [0.2, 0.25) is 0 Å². The van der Waals surface area contributed by atoms with Gasteiger partial charge in [0, 0.05) is 22.6 Å². The number of aliphatic carboxylic acids is 1. The molecule has 0 aliphatic rings. The van der Waals surface area contributed by atoms with Crippen molar-refractivity contribution in [3.63, 3.8) is 0 Å². The summed E-state index contributed by atoms with van der Waals surface area (Å²) in [6.07, 6.45) is 2.42. The summed E-state index contributed by atoms with van der Waals surface area (Å²) < 4.78 is 0. The van der Waals surface area contributed by atoms with E-state index in [9.17, 15) is 4.79 Å². The van der Waals surface area contributed by atoms with E-state index in [1.807, 2.05) is 0 Å². The summed E-state index contributed by atoms with van der Waals surface area (Å²) in [4.78, 5) is 21.8. The third-order valence-electron chi connectivity index (χ3n) is 4.20. The minimum absolute atomic E-state index is 0.188. The molecule has 4 nitrogen and oxygen atoms in total. The predicted molar refractivity (Wildman–Crippen MR) is 105 cm³/mol. The molecule has 0 bridgehead atoms. The molecule has 0 saturated carbocycles. The van der Waals surface area contributed by atoms with Crippen LogP contribution in [0.25, 0.3) is 21.3 Å². The largest absolute Gasteiger partial charge is 0.481 e. The van der Waals surface area contributed by atoms with Crippen LogP contribution in [0.3, 0.4) is 0 Å².